The molecule has 0 bridgehead atoms. The summed E-state index contributed by atoms with van der Waals surface area (Å²) >= 11 is 0. The van der Waals surface area contributed by atoms with Gasteiger partial charge in [-0.25, -0.2) is 0 Å². The zero-order valence-corrected chi connectivity index (χ0v) is 17.4. The number of aromatic nitrogens is 1. The van der Waals surface area contributed by atoms with E-state index < -0.39 is 17.7 Å². The predicted molar refractivity (Wildman–Crippen MR) is 112 cm³/mol. The topological polar surface area (TPSA) is 89.0 Å². The van der Waals surface area contributed by atoms with Crippen LogP contribution >= 0.6 is 0 Å². The van der Waals surface area contributed by atoms with Crippen LogP contribution in [0.3, 0.4) is 0 Å². The van der Waals surface area contributed by atoms with Gasteiger partial charge in [0.1, 0.15) is 11.5 Å². The molecule has 7 heteroatoms. The van der Waals surface area contributed by atoms with Crippen molar-refractivity contribution in [3.63, 3.8) is 0 Å². The third-order valence-electron chi connectivity index (χ3n) is 4.81. The van der Waals surface area contributed by atoms with Gasteiger partial charge in [-0.3, -0.25) is 14.6 Å². The van der Waals surface area contributed by atoms with E-state index in [1.807, 2.05) is 0 Å². The van der Waals surface area contributed by atoms with E-state index in [0.29, 0.717) is 29.4 Å². The van der Waals surface area contributed by atoms with Gasteiger partial charge in [-0.2, -0.15) is 0 Å². The molecule has 1 aliphatic heterocycles. The van der Waals surface area contributed by atoms with Crippen LogP contribution in [-0.4, -0.2) is 53.5 Å². The number of ketones is 1. The molecule has 3 rings (SSSR count). The van der Waals surface area contributed by atoms with E-state index in [4.69, 9.17) is 9.47 Å². The highest BCUT2D eigenvalue weighted by molar-refractivity contribution is 6.46. The lowest BCUT2D eigenvalue weighted by Crippen LogP contribution is -2.32. The SMILES string of the molecule is COCCN1C(=O)C(=O)/C(=C(/O)c2ccc(OCC(C)C)cc2)[C@@H]1c1ccncc1. The highest BCUT2D eigenvalue weighted by Crippen LogP contribution is 2.39. The van der Waals surface area contributed by atoms with Gasteiger partial charge in [0.25, 0.3) is 11.7 Å². The van der Waals surface area contributed by atoms with Crippen molar-refractivity contribution in [3.8, 4) is 5.75 Å². The van der Waals surface area contributed by atoms with Crippen LogP contribution in [0, 0.1) is 5.92 Å². The highest BCUT2D eigenvalue weighted by Gasteiger charge is 2.45. The third kappa shape index (κ3) is 4.52. The fraction of sp³-hybridized carbons (Fsp3) is 0.348. The van der Waals surface area contributed by atoms with E-state index in [0.717, 1.165) is 0 Å². The van der Waals surface area contributed by atoms with Crippen LogP contribution in [0.4, 0.5) is 0 Å². The van der Waals surface area contributed by atoms with E-state index in [-0.39, 0.29) is 24.5 Å². The molecule has 0 spiro atoms. The van der Waals surface area contributed by atoms with E-state index in [1.165, 1.54) is 12.0 Å². The Morgan fingerprint density at radius 2 is 1.80 bits per heavy atom. The zero-order valence-electron chi connectivity index (χ0n) is 17.4. The van der Waals surface area contributed by atoms with Crippen molar-refractivity contribution in [1.82, 2.24) is 9.88 Å². The van der Waals surface area contributed by atoms with Crippen molar-refractivity contribution < 1.29 is 24.2 Å². The number of pyridine rings is 1. The molecule has 2 aromatic rings. The van der Waals surface area contributed by atoms with E-state index >= 15 is 0 Å². The molecule has 0 aliphatic carbocycles. The largest absolute Gasteiger partial charge is 0.507 e. The number of hydrogen-bond acceptors (Lipinski definition) is 6. The second-order valence-corrected chi connectivity index (χ2v) is 7.50. The monoisotopic (exact) mass is 410 g/mol. The number of amides is 1. The summed E-state index contributed by atoms with van der Waals surface area (Å²) in [6.45, 7) is 5.20. The van der Waals surface area contributed by atoms with Crippen molar-refractivity contribution in [2.45, 2.75) is 19.9 Å². The smallest absolute Gasteiger partial charge is 0.295 e. The summed E-state index contributed by atoms with van der Waals surface area (Å²) in [7, 11) is 1.53. The first-order valence-corrected chi connectivity index (χ1v) is 9.84. The minimum absolute atomic E-state index is 0.0538. The number of carbonyl (C=O) groups excluding carboxylic acids is 2. The molecule has 2 heterocycles. The lowest BCUT2D eigenvalue weighted by Gasteiger charge is -2.24. The summed E-state index contributed by atoms with van der Waals surface area (Å²) < 4.78 is 10.8. The quantitative estimate of drug-likeness (QED) is 0.408. The minimum Gasteiger partial charge on any atom is -0.507 e. The minimum atomic E-state index is -0.717. The molecule has 1 saturated heterocycles. The van der Waals surface area contributed by atoms with Gasteiger partial charge in [0.05, 0.1) is 24.8 Å². The number of likely N-dealkylation sites (tertiary alicyclic amines) is 1. The first-order chi connectivity index (χ1) is 14.4. The third-order valence-corrected chi connectivity index (χ3v) is 4.81. The molecule has 30 heavy (non-hydrogen) atoms. The number of aliphatic hydroxyl groups excluding tert-OH is 1. The number of ether oxygens (including phenoxy) is 2. The number of rotatable bonds is 8. The molecule has 1 N–H and O–H groups in total. The van der Waals surface area contributed by atoms with Crippen LogP contribution < -0.4 is 4.74 Å². The summed E-state index contributed by atoms with van der Waals surface area (Å²) in [5.41, 5.74) is 1.19. The van der Waals surface area contributed by atoms with Crippen molar-refractivity contribution in [2.24, 2.45) is 5.92 Å². The Bertz CT molecular complexity index is 922. The Morgan fingerprint density at radius 3 is 2.40 bits per heavy atom. The standard InChI is InChI=1S/C23H26N2O5/c1-15(2)14-30-18-6-4-17(5-7-18)21(26)19-20(16-8-10-24-11-9-16)25(12-13-29-3)23(28)22(19)27/h4-11,15,20,26H,12-14H2,1-3H3/b21-19+/t20-/m0/s1. The van der Waals surface area contributed by atoms with Crippen LogP contribution in [0.25, 0.3) is 5.76 Å². The van der Waals surface area contributed by atoms with E-state index in [1.54, 1.807) is 48.8 Å². The maximum atomic E-state index is 12.8. The summed E-state index contributed by atoms with van der Waals surface area (Å²) in [5, 5.41) is 11.0. The second kappa shape index (κ2) is 9.54. The van der Waals surface area contributed by atoms with Gasteiger partial charge in [-0.1, -0.05) is 13.8 Å². The molecule has 1 amide bonds. The molecule has 1 aromatic carbocycles. The molecule has 1 fully saturated rings. The van der Waals surface area contributed by atoms with Crippen molar-refractivity contribution in [1.29, 1.82) is 0 Å². The molecule has 1 aliphatic rings. The summed E-state index contributed by atoms with van der Waals surface area (Å²) in [6.07, 6.45) is 3.18. The molecular weight excluding hydrogens is 384 g/mol. The van der Waals surface area contributed by atoms with Gasteiger partial charge in [0.15, 0.2) is 0 Å². The van der Waals surface area contributed by atoms with Gasteiger partial charge in [0.2, 0.25) is 0 Å². The van der Waals surface area contributed by atoms with Crippen molar-refractivity contribution in [3.05, 3.63) is 65.5 Å². The maximum absolute atomic E-state index is 12.8. The number of carbonyl (C=O) groups is 2. The fourth-order valence-electron chi connectivity index (χ4n) is 3.32. The first kappa shape index (κ1) is 21.5. The van der Waals surface area contributed by atoms with Gasteiger partial charge < -0.3 is 19.5 Å². The predicted octanol–water partition coefficient (Wildman–Crippen LogP) is 3.18. The number of hydrogen-bond donors (Lipinski definition) is 1. The van der Waals surface area contributed by atoms with Crippen LogP contribution in [0.5, 0.6) is 5.75 Å². The second-order valence-electron chi connectivity index (χ2n) is 7.50. The summed E-state index contributed by atoms with van der Waals surface area (Å²) in [6, 6.07) is 9.58. The Balaban J connectivity index is 2.00. The van der Waals surface area contributed by atoms with Crippen LogP contribution in [-0.2, 0) is 14.3 Å². The van der Waals surface area contributed by atoms with Crippen molar-refractivity contribution >= 4 is 17.4 Å². The van der Waals surface area contributed by atoms with Gasteiger partial charge in [-0.15, -0.1) is 0 Å². The number of aliphatic hydroxyl groups is 1. The average Bonchev–Trinajstić information content (AvgIpc) is 3.01. The van der Waals surface area contributed by atoms with E-state index in [2.05, 4.69) is 18.8 Å². The summed E-state index contributed by atoms with van der Waals surface area (Å²) in [5.74, 6) is -0.531. The Kier molecular flexibility index (Phi) is 6.84. The van der Waals surface area contributed by atoms with Gasteiger partial charge in [-0.05, 0) is 47.9 Å². The Morgan fingerprint density at radius 1 is 1.13 bits per heavy atom. The number of benzene rings is 1. The normalized spacial score (nSPS) is 18.3. The average molecular weight is 410 g/mol. The zero-order chi connectivity index (χ0) is 21.7. The Hall–Kier alpha value is -3.19. The van der Waals surface area contributed by atoms with Crippen molar-refractivity contribution in [2.75, 3.05) is 26.9 Å². The molecule has 0 radical (unpaired) electrons. The van der Waals surface area contributed by atoms with Crippen LogP contribution in [0.15, 0.2) is 54.4 Å². The Labute approximate surface area is 175 Å². The number of methoxy groups -OCH3 is 1. The lowest BCUT2D eigenvalue weighted by molar-refractivity contribution is -0.140. The molecule has 0 unspecified atom stereocenters. The molecule has 7 nitrogen and oxygen atoms in total. The fourth-order valence-corrected chi connectivity index (χ4v) is 3.32. The van der Waals surface area contributed by atoms with Crippen LogP contribution in [0.1, 0.15) is 31.0 Å². The van der Waals surface area contributed by atoms with Crippen LogP contribution in [0.2, 0.25) is 0 Å². The lowest BCUT2D eigenvalue weighted by atomic mass is 9.96. The van der Waals surface area contributed by atoms with Gasteiger partial charge in [0, 0.05) is 31.6 Å². The van der Waals surface area contributed by atoms with Gasteiger partial charge >= 0.3 is 0 Å². The molecule has 1 aromatic heterocycles. The highest BCUT2D eigenvalue weighted by atomic mass is 16.5. The maximum Gasteiger partial charge on any atom is 0.295 e. The first-order valence-electron chi connectivity index (χ1n) is 9.84. The summed E-state index contributed by atoms with van der Waals surface area (Å²) in [4.78, 5) is 30.9. The number of Topliss-reactive ketones (excluding diaryl/α,β-unsaturated/α-hetero) is 1. The molecular formula is C23H26N2O5. The van der Waals surface area contributed by atoms with E-state index in [9.17, 15) is 14.7 Å². The molecule has 1 atom stereocenters. The molecule has 158 valence electrons. The number of nitrogens with zero attached hydrogens (tertiary/aromatic N) is 2. The molecule has 0 saturated carbocycles.